The molecule has 1 aromatic heterocycles. The number of carbonyl (C=O) groups excluding carboxylic acids is 3. The number of allylic oxidation sites excluding steroid dienone is 3. The molecule has 0 aliphatic rings. The van der Waals surface area contributed by atoms with E-state index < -0.39 is 24.0 Å². The maximum Gasteiger partial charge on any atom is 0.573 e. The number of unbranched alkanes of at least 4 members (excludes halogenated alkanes) is 1. The fourth-order valence-corrected chi connectivity index (χ4v) is 5.02. The molecular formula is C32H37F3N6O5S. The second-order valence-corrected chi connectivity index (χ2v) is 11.4. The lowest BCUT2D eigenvalue weighted by atomic mass is 10.1. The number of rotatable bonds is 17. The van der Waals surface area contributed by atoms with E-state index in [1.54, 1.807) is 6.08 Å². The van der Waals surface area contributed by atoms with Crippen LogP contribution < -0.4 is 26.4 Å². The fraction of sp³-hybridized carbons (Fsp3) is 0.344. The molecule has 3 rings (SSSR count). The first kappa shape index (κ1) is 36.5. The van der Waals surface area contributed by atoms with Crippen molar-refractivity contribution < 1.29 is 37.0 Å². The van der Waals surface area contributed by atoms with Gasteiger partial charge in [-0.25, -0.2) is 0 Å². The Labute approximate surface area is 274 Å². The van der Waals surface area contributed by atoms with Gasteiger partial charge in [-0.05, 0) is 61.1 Å². The van der Waals surface area contributed by atoms with Gasteiger partial charge in [0.05, 0.1) is 12.8 Å². The average molecular weight is 675 g/mol. The van der Waals surface area contributed by atoms with Crippen LogP contribution in [0.25, 0.3) is 0 Å². The summed E-state index contributed by atoms with van der Waals surface area (Å²) in [5, 5.41) is 11.9. The monoisotopic (exact) mass is 674 g/mol. The number of hydrogen-bond donors (Lipinski definition) is 3. The van der Waals surface area contributed by atoms with Crippen molar-refractivity contribution in [2.45, 2.75) is 64.7 Å². The van der Waals surface area contributed by atoms with Crippen LogP contribution in [0.15, 0.2) is 78.3 Å². The number of nitrogens with one attached hydrogen (secondary N) is 1. The number of ether oxygens (including phenoxy) is 2. The number of esters is 1. The Morgan fingerprint density at radius 1 is 0.957 bits per heavy atom. The number of alkyl halides is 3. The van der Waals surface area contributed by atoms with E-state index in [9.17, 15) is 27.6 Å². The molecule has 252 valence electrons. The first-order valence-electron chi connectivity index (χ1n) is 14.8. The first-order chi connectivity index (χ1) is 22.4. The van der Waals surface area contributed by atoms with Gasteiger partial charge in [-0.2, -0.15) is 0 Å². The molecule has 0 fully saturated rings. The highest BCUT2D eigenvalue weighted by Gasteiger charge is 2.31. The van der Waals surface area contributed by atoms with Crippen LogP contribution in [0.3, 0.4) is 0 Å². The Morgan fingerprint density at radius 3 is 2.43 bits per heavy atom. The van der Waals surface area contributed by atoms with Crippen molar-refractivity contribution >= 4 is 34.3 Å². The molecule has 5 N–H and O–H groups in total. The Balaban J connectivity index is 1.47. The number of nitrogens with zero attached hydrogens (tertiary/aromatic N) is 3. The van der Waals surface area contributed by atoms with Crippen LogP contribution in [-0.4, -0.2) is 41.1 Å². The summed E-state index contributed by atoms with van der Waals surface area (Å²) in [6, 6.07) is 14.3. The van der Waals surface area contributed by atoms with Crippen LogP contribution in [0.2, 0.25) is 0 Å². The predicted octanol–water partition coefficient (Wildman–Crippen LogP) is 5.03. The molecule has 0 aliphatic heterocycles. The highest BCUT2D eigenvalue weighted by Crippen LogP contribution is 2.24. The number of hydrogen-bond acceptors (Lipinski definition) is 10. The van der Waals surface area contributed by atoms with Crippen molar-refractivity contribution in [2.75, 3.05) is 11.6 Å². The summed E-state index contributed by atoms with van der Waals surface area (Å²) in [7, 11) is 0. The molecule has 0 radical (unpaired) electrons. The number of aryl methyl sites for hydroxylation is 1. The van der Waals surface area contributed by atoms with E-state index in [-0.39, 0.29) is 37.7 Å². The molecule has 3 aromatic rings. The number of amides is 2. The molecule has 0 atom stereocenters. The molecule has 2 aromatic carbocycles. The normalized spacial score (nSPS) is 12.0. The second-order valence-electron chi connectivity index (χ2n) is 10.3. The molecule has 1 heterocycles. The van der Waals surface area contributed by atoms with Crippen molar-refractivity contribution in [3.63, 3.8) is 0 Å². The van der Waals surface area contributed by atoms with Gasteiger partial charge in [0.25, 0.3) is 0 Å². The minimum atomic E-state index is -4.83. The van der Waals surface area contributed by atoms with Crippen LogP contribution in [0, 0.1) is 0 Å². The molecule has 0 aliphatic carbocycles. The maximum atomic E-state index is 13.1. The van der Waals surface area contributed by atoms with Crippen LogP contribution >= 0.6 is 11.3 Å². The summed E-state index contributed by atoms with van der Waals surface area (Å²) in [6.07, 6.45) is 1.50. The third-order valence-electron chi connectivity index (χ3n) is 6.36. The van der Waals surface area contributed by atoms with E-state index in [0.29, 0.717) is 47.1 Å². The third kappa shape index (κ3) is 13.9. The minimum absolute atomic E-state index is 0.0220. The third-order valence-corrected chi connectivity index (χ3v) is 7.36. The molecule has 47 heavy (non-hydrogen) atoms. The van der Waals surface area contributed by atoms with Gasteiger partial charge in [0.1, 0.15) is 16.6 Å². The fourth-order valence-electron chi connectivity index (χ4n) is 4.14. The van der Waals surface area contributed by atoms with Crippen LogP contribution in [0.1, 0.15) is 55.2 Å². The number of anilines is 1. The Bertz CT molecular complexity index is 1550. The number of nitrogens with two attached hydrogens (primary N) is 2. The van der Waals surface area contributed by atoms with Gasteiger partial charge < -0.3 is 26.3 Å². The molecule has 2 amide bonds. The van der Waals surface area contributed by atoms with Crippen LogP contribution in [-0.2, 0) is 38.4 Å². The van der Waals surface area contributed by atoms with E-state index in [1.165, 1.54) is 34.4 Å². The molecule has 11 nitrogen and oxygen atoms in total. The molecule has 15 heteroatoms. The van der Waals surface area contributed by atoms with Crippen molar-refractivity contribution in [3.05, 3.63) is 94.4 Å². The van der Waals surface area contributed by atoms with Gasteiger partial charge in [-0.1, -0.05) is 60.7 Å². The molecule has 0 unspecified atom stereocenters. The lowest BCUT2D eigenvalue weighted by Crippen LogP contribution is -2.35. The molecular weight excluding hydrogens is 637 g/mol. The standard InChI is InChI=1S/C32H37F3N6O5S/c1-2-9-30(44)45-21-41(29(43)20-22-10-4-3-5-11-22)31-40-39-28(47-31)15-7-6-13-24(36)16-17-26(37)38-27(42)19-23-12-8-14-25(18-23)46-32(33,34)35/h3-5,8,10-12,14,16-18H,2,6-7,9,13,15,19-21,36-37H2,1H3,(H,38,42)/b24-16-,26-17+. The summed E-state index contributed by atoms with van der Waals surface area (Å²) in [4.78, 5) is 38.7. The average Bonchev–Trinajstić information content (AvgIpc) is 3.46. The summed E-state index contributed by atoms with van der Waals surface area (Å²) in [6.45, 7) is 1.61. The summed E-state index contributed by atoms with van der Waals surface area (Å²) in [5.74, 6) is -1.59. The summed E-state index contributed by atoms with van der Waals surface area (Å²) >= 11 is 1.25. The van der Waals surface area contributed by atoms with Gasteiger partial charge in [-0.15, -0.1) is 23.4 Å². The smallest absolute Gasteiger partial charge is 0.444 e. The highest BCUT2D eigenvalue weighted by molar-refractivity contribution is 7.15. The molecule has 0 bridgehead atoms. The first-order valence-corrected chi connectivity index (χ1v) is 15.6. The van der Waals surface area contributed by atoms with Gasteiger partial charge in [0, 0.05) is 18.5 Å². The number of halogens is 3. The predicted molar refractivity (Wildman–Crippen MR) is 170 cm³/mol. The summed E-state index contributed by atoms with van der Waals surface area (Å²) < 4.78 is 46.5. The van der Waals surface area contributed by atoms with Crippen molar-refractivity contribution in [3.8, 4) is 5.75 Å². The number of carbonyl (C=O) groups is 3. The van der Waals surface area contributed by atoms with Crippen molar-refractivity contribution in [1.29, 1.82) is 0 Å². The molecule has 0 saturated carbocycles. The molecule has 0 saturated heterocycles. The van der Waals surface area contributed by atoms with E-state index >= 15 is 0 Å². The maximum absolute atomic E-state index is 13.1. The Hall–Kier alpha value is -4.92. The number of aromatic nitrogens is 2. The second kappa shape index (κ2) is 18.3. The largest absolute Gasteiger partial charge is 0.573 e. The lowest BCUT2D eigenvalue weighted by molar-refractivity contribution is -0.274. The summed E-state index contributed by atoms with van der Waals surface area (Å²) in [5.41, 5.74) is 13.6. The van der Waals surface area contributed by atoms with Crippen LogP contribution in [0.4, 0.5) is 18.3 Å². The van der Waals surface area contributed by atoms with Gasteiger partial charge in [-0.3, -0.25) is 19.3 Å². The van der Waals surface area contributed by atoms with Gasteiger partial charge >= 0.3 is 12.3 Å². The zero-order chi connectivity index (χ0) is 34.2. The Morgan fingerprint density at radius 2 is 1.70 bits per heavy atom. The van der Waals surface area contributed by atoms with E-state index in [1.807, 2.05) is 37.3 Å². The van der Waals surface area contributed by atoms with Gasteiger partial charge in [0.2, 0.25) is 16.9 Å². The van der Waals surface area contributed by atoms with E-state index in [2.05, 4.69) is 20.3 Å². The quantitative estimate of drug-likeness (QED) is 0.0772. The highest BCUT2D eigenvalue weighted by atomic mass is 32.1. The lowest BCUT2D eigenvalue weighted by Gasteiger charge is -2.19. The van der Waals surface area contributed by atoms with E-state index in [4.69, 9.17) is 16.2 Å². The SMILES string of the molecule is CCCC(=O)OCN(C(=O)Cc1ccccc1)c1nnc(CCCC/C(N)=C/C=C(\N)NC(=O)Cc2cccc(OC(F)(F)F)c2)s1. The van der Waals surface area contributed by atoms with Crippen molar-refractivity contribution in [2.24, 2.45) is 11.5 Å². The molecule has 0 spiro atoms. The zero-order valence-electron chi connectivity index (χ0n) is 25.8. The van der Waals surface area contributed by atoms with E-state index in [0.717, 1.165) is 24.1 Å². The zero-order valence-corrected chi connectivity index (χ0v) is 26.6. The Kier molecular flexibility index (Phi) is 14.2. The topological polar surface area (TPSA) is 163 Å². The minimum Gasteiger partial charge on any atom is -0.444 e. The number of benzene rings is 2. The van der Waals surface area contributed by atoms with Gasteiger partial charge in [0.15, 0.2) is 6.73 Å². The van der Waals surface area contributed by atoms with Crippen LogP contribution in [0.5, 0.6) is 5.75 Å². The van der Waals surface area contributed by atoms with Crippen molar-refractivity contribution in [1.82, 2.24) is 15.5 Å².